The van der Waals surface area contributed by atoms with Crippen molar-refractivity contribution in [2.24, 2.45) is 4.99 Å². The van der Waals surface area contributed by atoms with Crippen molar-refractivity contribution >= 4 is 44.5 Å². The Morgan fingerprint density at radius 3 is 1.77 bits per heavy atom. The normalized spacial score (nSPS) is 11.8. The molecule has 3 heterocycles. The molecule has 0 bridgehead atoms. The first-order valence-corrected chi connectivity index (χ1v) is 18.3. The van der Waals surface area contributed by atoms with E-state index in [1.165, 1.54) is 0 Å². The predicted molar refractivity (Wildman–Crippen MR) is 224 cm³/mol. The first-order valence-electron chi connectivity index (χ1n) is 18.3. The smallest absolute Gasteiger partial charge is 0.164 e. The van der Waals surface area contributed by atoms with Crippen LogP contribution in [-0.2, 0) is 0 Å². The Morgan fingerprint density at radius 1 is 0.446 bits per heavy atom. The van der Waals surface area contributed by atoms with E-state index in [0.29, 0.717) is 34.5 Å². The first kappa shape index (κ1) is 32.8. The van der Waals surface area contributed by atoms with Crippen LogP contribution in [0.3, 0.4) is 0 Å². The van der Waals surface area contributed by atoms with E-state index >= 15 is 0 Å². The molecule has 0 aliphatic heterocycles. The van der Waals surface area contributed by atoms with E-state index in [9.17, 15) is 0 Å². The monoisotopic (exact) mass is 721 g/mol. The molecule has 0 fully saturated rings. The molecule has 0 saturated heterocycles. The number of nitrogens with zero attached hydrogens (tertiary/aromatic N) is 4. The van der Waals surface area contributed by atoms with E-state index in [0.717, 1.165) is 66.3 Å². The van der Waals surface area contributed by atoms with Gasteiger partial charge in [-0.05, 0) is 42.0 Å². The predicted octanol–water partition coefficient (Wildman–Crippen LogP) is 12.0. The van der Waals surface area contributed by atoms with Gasteiger partial charge in [-0.15, -0.1) is 0 Å². The van der Waals surface area contributed by atoms with Gasteiger partial charge in [0.05, 0.1) is 0 Å². The van der Waals surface area contributed by atoms with Crippen molar-refractivity contribution in [2.45, 2.75) is 0 Å². The van der Waals surface area contributed by atoms with Crippen LogP contribution in [0.15, 0.2) is 196 Å². The van der Waals surface area contributed by atoms with Gasteiger partial charge >= 0.3 is 0 Å². The number of fused-ring (bicyclic) bond motifs is 4. The van der Waals surface area contributed by atoms with Gasteiger partial charge in [-0.1, -0.05) is 146 Å². The lowest BCUT2D eigenvalue weighted by Crippen LogP contribution is -2.07. The van der Waals surface area contributed by atoms with Crippen LogP contribution in [0.2, 0.25) is 0 Å². The third kappa shape index (κ3) is 6.13. The van der Waals surface area contributed by atoms with E-state index in [-0.39, 0.29) is 5.84 Å². The van der Waals surface area contributed by atoms with Crippen molar-refractivity contribution in [1.82, 2.24) is 15.0 Å². The fourth-order valence-corrected chi connectivity index (χ4v) is 7.07. The second-order valence-corrected chi connectivity index (χ2v) is 13.4. The molecule has 3 aromatic heterocycles. The zero-order valence-electron chi connectivity index (χ0n) is 29.9. The summed E-state index contributed by atoms with van der Waals surface area (Å²) in [4.78, 5) is 19.6. The number of hydrogen-bond donors (Lipinski definition) is 1. The summed E-state index contributed by atoms with van der Waals surface area (Å²) in [7, 11) is 0. The van der Waals surface area contributed by atoms with Crippen LogP contribution in [0.4, 0.5) is 0 Å². The highest BCUT2D eigenvalue weighted by Crippen LogP contribution is 2.38. The Balaban J connectivity index is 1.08. The Kier molecular flexibility index (Phi) is 8.15. The maximum absolute atomic E-state index is 8.91. The Morgan fingerprint density at radius 2 is 1.05 bits per heavy atom. The fraction of sp³-hybridized carbons (Fsp3) is 0. The highest BCUT2D eigenvalue weighted by atomic mass is 16.3. The Labute approximate surface area is 321 Å². The zero-order chi connectivity index (χ0) is 37.4. The molecule has 0 saturated carbocycles. The summed E-state index contributed by atoms with van der Waals surface area (Å²) in [5.74, 6) is 2.53. The molecule has 0 amide bonds. The summed E-state index contributed by atoms with van der Waals surface area (Å²) in [6, 6.07) is 59.8. The summed E-state index contributed by atoms with van der Waals surface area (Å²) in [5, 5.41) is 11.8. The van der Waals surface area contributed by atoms with E-state index < -0.39 is 0 Å². The van der Waals surface area contributed by atoms with Crippen molar-refractivity contribution in [1.29, 1.82) is 5.41 Å². The number of furan rings is 2. The van der Waals surface area contributed by atoms with Gasteiger partial charge in [-0.3, -0.25) is 5.41 Å². The molecule has 0 radical (unpaired) electrons. The summed E-state index contributed by atoms with van der Waals surface area (Å²) in [5.41, 5.74) is 8.95. The van der Waals surface area contributed by atoms with Crippen LogP contribution in [-0.4, -0.2) is 26.5 Å². The Hall–Kier alpha value is -7.77. The van der Waals surface area contributed by atoms with Gasteiger partial charge < -0.3 is 8.83 Å². The van der Waals surface area contributed by atoms with Gasteiger partial charge in [0.25, 0.3) is 0 Å². The first-order chi connectivity index (χ1) is 27.6. The molecule has 7 heteroatoms. The van der Waals surface area contributed by atoms with Crippen molar-refractivity contribution < 1.29 is 8.83 Å². The van der Waals surface area contributed by atoms with E-state index in [1.807, 2.05) is 146 Å². The van der Waals surface area contributed by atoms with Crippen LogP contribution >= 0.6 is 0 Å². The lowest BCUT2D eigenvalue weighted by molar-refractivity contribution is 0.605. The maximum Gasteiger partial charge on any atom is 0.164 e. The van der Waals surface area contributed by atoms with Gasteiger partial charge in [0.15, 0.2) is 29.1 Å². The number of para-hydroxylation sites is 2. The lowest BCUT2D eigenvalue weighted by atomic mass is 9.98. The second-order valence-electron chi connectivity index (χ2n) is 13.4. The number of rotatable bonds is 7. The third-order valence-electron chi connectivity index (χ3n) is 9.83. The van der Waals surface area contributed by atoms with Gasteiger partial charge in [0, 0.05) is 49.5 Å². The van der Waals surface area contributed by atoms with Gasteiger partial charge in [0.1, 0.15) is 22.5 Å². The molecule has 264 valence electrons. The number of nitrogens with one attached hydrogen (secondary N) is 1. The molecule has 10 rings (SSSR count). The molecule has 56 heavy (non-hydrogen) atoms. The van der Waals surface area contributed by atoms with Crippen LogP contribution < -0.4 is 0 Å². The molecule has 1 N–H and O–H groups in total. The van der Waals surface area contributed by atoms with Crippen molar-refractivity contribution in [2.75, 3.05) is 0 Å². The van der Waals surface area contributed by atoms with Crippen molar-refractivity contribution in [3.63, 3.8) is 0 Å². The summed E-state index contributed by atoms with van der Waals surface area (Å²) in [6.45, 7) is 0. The van der Waals surface area contributed by atoms with Crippen LogP contribution in [0.25, 0.3) is 78.2 Å². The summed E-state index contributed by atoms with van der Waals surface area (Å²) in [6.07, 6.45) is 0. The van der Waals surface area contributed by atoms with E-state index in [4.69, 9.17) is 34.2 Å². The molecular weight excluding hydrogens is 691 g/mol. The SMILES string of the molecule is N=C(N=C(c1cccc(-c2cccc3c2oc2ccc(-c4nc(-c5ccccc5)nc(-c5ccccc5)n4)cc23)c1)c1cc2ccccc2o1)c1ccccc1. The number of hydrogen-bond acceptors (Lipinski definition) is 6. The zero-order valence-corrected chi connectivity index (χ0v) is 29.9. The van der Waals surface area contributed by atoms with E-state index in [2.05, 4.69) is 36.4 Å². The third-order valence-corrected chi connectivity index (χ3v) is 9.83. The Bertz CT molecular complexity index is 3000. The minimum absolute atomic E-state index is 0.145. The van der Waals surface area contributed by atoms with Crippen LogP contribution in [0.5, 0.6) is 0 Å². The quantitative estimate of drug-likeness (QED) is 0.130. The molecule has 10 aromatic rings. The average Bonchev–Trinajstić information content (AvgIpc) is 3.88. The van der Waals surface area contributed by atoms with Gasteiger partial charge in [-0.2, -0.15) is 0 Å². The molecule has 0 atom stereocenters. The molecule has 0 spiro atoms. The molecule has 0 aliphatic carbocycles. The minimum Gasteiger partial charge on any atom is -0.455 e. The van der Waals surface area contributed by atoms with E-state index in [1.54, 1.807) is 0 Å². The molecular formula is C49H31N5O2. The minimum atomic E-state index is 0.145. The lowest BCUT2D eigenvalue weighted by Gasteiger charge is -2.09. The number of amidine groups is 1. The van der Waals surface area contributed by atoms with Crippen molar-refractivity contribution in [3.8, 4) is 45.3 Å². The van der Waals surface area contributed by atoms with Crippen LogP contribution in [0, 0.1) is 5.41 Å². The average molecular weight is 722 g/mol. The van der Waals surface area contributed by atoms with Gasteiger partial charge in [-0.25, -0.2) is 19.9 Å². The molecule has 0 unspecified atom stereocenters. The second kappa shape index (κ2) is 13.9. The maximum atomic E-state index is 8.91. The van der Waals surface area contributed by atoms with Gasteiger partial charge in [0.2, 0.25) is 0 Å². The topological polar surface area (TPSA) is 101 Å². The summed E-state index contributed by atoms with van der Waals surface area (Å²) >= 11 is 0. The fourth-order valence-electron chi connectivity index (χ4n) is 7.07. The largest absolute Gasteiger partial charge is 0.455 e. The number of aromatic nitrogens is 3. The number of benzene rings is 7. The van der Waals surface area contributed by atoms with Crippen LogP contribution in [0.1, 0.15) is 16.9 Å². The molecule has 0 aliphatic rings. The molecule has 7 nitrogen and oxygen atoms in total. The number of aliphatic imine (C=N–C) groups is 1. The highest BCUT2D eigenvalue weighted by molar-refractivity contribution is 6.19. The standard InChI is InChI=1S/C49H31N5O2/c50-46(31-14-4-1-5-15-31)51-44(43-30-35-20-10-11-25-41(35)55-43)36-22-12-21-34(28-36)38-23-13-24-39-40-29-37(26-27-42(40)56-45(38)39)49-53-47(32-16-6-2-7-17-32)52-48(54-49)33-18-8-3-9-19-33/h1-30,50H. The van der Waals surface area contributed by atoms with Crippen molar-refractivity contribution in [3.05, 3.63) is 199 Å². The highest BCUT2D eigenvalue weighted by Gasteiger charge is 2.19. The summed E-state index contributed by atoms with van der Waals surface area (Å²) < 4.78 is 13.0. The molecule has 7 aromatic carbocycles.